The Morgan fingerprint density at radius 2 is 2.16 bits per heavy atom. The van der Waals surface area contributed by atoms with Crippen LogP contribution in [0, 0.1) is 11.8 Å². The van der Waals surface area contributed by atoms with Gasteiger partial charge in [-0.2, -0.15) is 0 Å². The molecule has 1 saturated heterocycles. The minimum Gasteiger partial charge on any atom is -0.352 e. The molecule has 2 amide bonds. The number of hydrogen-bond donors (Lipinski definition) is 3. The Bertz CT molecular complexity index is 559. The first-order valence-electron chi connectivity index (χ1n) is 8.95. The van der Waals surface area contributed by atoms with Gasteiger partial charge in [-0.15, -0.1) is 12.4 Å². The number of benzene rings is 1. The number of nitrogens with one attached hydrogen (secondary N) is 3. The summed E-state index contributed by atoms with van der Waals surface area (Å²) >= 11 is 0. The maximum Gasteiger partial charge on any atom is 0.227 e. The third-order valence-corrected chi connectivity index (χ3v) is 4.69. The smallest absolute Gasteiger partial charge is 0.227 e. The fraction of sp³-hybridized carbons (Fsp3) is 0.579. The van der Waals surface area contributed by atoms with Crippen molar-refractivity contribution < 1.29 is 9.59 Å². The van der Waals surface area contributed by atoms with Crippen molar-refractivity contribution in [3.05, 3.63) is 29.8 Å². The van der Waals surface area contributed by atoms with Crippen molar-refractivity contribution in [3.8, 4) is 0 Å². The predicted octanol–water partition coefficient (Wildman–Crippen LogP) is 3.10. The average molecular weight is 368 g/mol. The first kappa shape index (κ1) is 21.5. The van der Waals surface area contributed by atoms with Crippen LogP contribution in [-0.2, 0) is 16.1 Å². The van der Waals surface area contributed by atoms with Gasteiger partial charge in [-0.05, 0) is 56.0 Å². The first-order valence-corrected chi connectivity index (χ1v) is 8.95. The van der Waals surface area contributed by atoms with E-state index in [4.69, 9.17) is 0 Å². The molecular weight excluding hydrogens is 338 g/mol. The molecular formula is C19H30ClN3O2. The number of amides is 2. The number of anilines is 1. The van der Waals surface area contributed by atoms with Crippen molar-refractivity contribution in [1.29, 1.82) is 0 Å². The van der Waals surface area contributed by atoms with E-state index in [1.807, 2.05) is 38.1 Å². The topological polar surface area (TPSA) is 70.2 Å². The van der Waals surface area contributed by atoms with Crippen molar-refractivity contribution in [2.24, 2.45) is 11.8 Å². The number of halogens is 1. The fourth-order valence-electron chi connectivity index (χ4n) is 2.79. The molecule has 0 saturated carbocycles. The Morgan fingerprint density at radius 1 is 1.36 bits per heavy atom. The van der Waals surface area contributed by atoms with Crippen LogP contribution in [-0.4, -0.2) is 24.9 Å². The van der Waals surface area contributed by atoms with Crippen LogP contribution in [0.1, 0.15) is 45.1 Å². The van der Waals surface area contributed by atoms with Crippen molar-refractivity contribution in [2.45, 2.75) is 46.1 Å². The molecule has 1 aromatic carbocycles. The zero-order chi connectivity index (χ0) is 17.4. The van der Waals surface area contributed by atoms with Crippen LogP contribution in [0.2, 0.25) is 0 Å². The summed E-state index contributed by atoms with van der Waals surface area (Å²) in [5, 5.41) is 9.21. The Morgan fingerprint density at radius 3 is 2.84 bits per heavy atom. The van der Waals surface area contributed by atoms with Gasteiger partial charge in [0.1, 0.15) is 0 Å². The molecule has 2 unspecified atom stereocenters. The second kappa shape index (κ2) is 11.1. The van der Waals surface area contributed by atoms with Crippen molar-refractivity contribution in [1.82, 2.24) is 10.6 Å². The number of rotatable bonds is 8. The minimum atomic E-state index is -0.00145. The monoisotopic (exact) mass is 367 g/mol. The summed E-state index contributed by atoms with van der Waals surface area (Å²) in [6, 6.07) is 7.65. The Labute approximate surface area is 156 Å². The molecule has 1 aliphatic heterocycles. The van der Waals surface area contributed by atoms with Crippen LogP contribution in [0.3, 0.4) is 0 Å². The lowest BCUT2D eigenvalue weighted by molar-refractivity contribution is -0.121. The molecule has 3 N–H and O–H groups in total. The lowest BCUT2D eigenvalue weighted by Crippen LogP contribution is -2.24. The third kappa shape index (κ3) is 7.45. The van der Waals surface area contributed by atoms with E-state index in [9.17, 15) is 9.59 Å². The van der Waals surface area contributed by atoms with E-state index in [2.05, 4.69) is 16.0 Å². The lowest BCUT2D eigenvalue weighted by Gasteiger charge is -2.12. The highest BCUT2D eigenvalue weighted by Gasteiger charge is 2.15. The van der Waals surface area contributed by atoms with E-state index >= 15 is 0 Å². The van der Waals surface area contributed by atoms with Gasteiger partial charge in [0.15, 0.2) is 0 Å². The summed E-state index contributed by atoms with van der Waals surface area (Å²) in [6.07, 6.45) is 3.52. The van der Waals surface area contributed by atoms with Gasteiger partial charge in [-0.25, -0.2) is 0 Å². The van der Waals surface area contributed by atoms with E-state index < -0.39 is 0 Å². The van der Waals surface area contributed by atoms with Crippen molar-refractivity contribution in [3.63, 3.8) is 0 Å². The standard InChI is InChI=1S/C19H29N3O2.ClH/c1-3-14(2)19(24)22-17-6-4-5-16(11-17)13-21-18(23)8-7-15-9-10-20-12-15;/h4-6,11,14-15,20H,3,7-10,12-13H2,1-2H3,(H,21,23)(H,22,24);1H. The Hall–Kier alpha value is -1.59. The van der Waals surface area contributed by atoms with Gasteiger partial charge in [0, 0.05) is 24.6 Å². The normalized spacial score (nSPS) is 17.4. The molecule has 0 aliphatic carbocycles. The third-order valence-electron chi connectivity index (χ3n) is 4.69. The fourth-order valence-corrected chi connectivity index (χ4v) is 2.79. The van der Waals surface area contributed by atoms with Crippen molar-refractivity contribution in [2.75, 3.05) is 18.4 Å². The molecule has 5 nitrogen and oxygen atoms in total. The summed E-state index contributed by atoms with van der Waals surface area (Å²) in [7, 11) is 0. The van der Waals surface area contributed by atoms with Crippen LogP contribution >= 0.6 is 12.4 Å². The number of carbonyl (C=O) groups excluding carboxylic acids is 2. The summed E-state index contributed by atoms with van der Waals surface area (Å²) in [4.78, 5) is 23.9. The molecule has 0 radical (unpaired) electrons. The summed E-state index contributed by atoms with van der Waals surface area (Å²) in [6.45, 7) is 6.51. The average Bonchev–Trinajstić information content (AvgIpc) is 3.11. The number of carbonyl (C=O) groups is 2. The molecule has 25 heavy (non-hydrogen) atoms. The Balaban J connectivity index is 0.00000312. The van der Waals surface area contributed by atoms with Crippen LogP contribution in [0.4, 0.5) is 5.69 Å². The molecule has 1 aliphatic rings. The minimum absolute atomic E-state index is 0. The molecule has 6 heteroatoms. The summed E-state index contributed by atoms with van der Waals surface area (Å²) < 4.78 is 0. The highest BCUT2D eigenvalue weighted by molar-refractivity contribution is 5.92. The van der Waals surface area contributed by atoms with Gasteiger partial charge in [0.2, 0.25) is 11.8 Å². The first-order chi connectivity index (χ1) is 11.6. The predicted molar refractivity (Wildman–Crippen MR) is 104 cm³/mol. The zero-order valence-electron chi connectivity index (χ0n) is 15.1. The molecule has 1 heterocycles. The highest BCUT2D eigenvalue weighted by atomic mass is 35.5. The van der Waals surface area contributed by atoms with Gasteiger partial charge >= 0.3 is 0 Å². The molecule has 0 aromatic heterocycles. The van der Waals surface area contributed by atoms with Gasteiger partial charge in [-0.3, -0.25) is 9.59 Å². The number of hydrogen-bond acceptors (Lipinski definition) is 3. The summed E-state index contributed by atoms with van der Waals surface area (Å²) in [5.74, 6) is 0.757. The molecule has 2 rings (SSSR count). The van der Waals surface area contributed by atoms with Crippen LogP contribution in [0.15, 0.2) is 24.3 Å². The van der Waals surface area contributed by atoms with Crippen LogP contribution in [0.5, 0.6) is 0 Å². The largest absolute Gasteiger partial charge is 0.352 e. The second-order valence-corrected chi connectivity index (χ2v) is 6.67. The molecule has 1 aromatic rings. The van der Waals surface area contributed by atoms with E-state index in [1.165, 1.54) is 6.42 Å². The Kier molecular flexibility index (Phi) is 9.53. The van der Waals surface area contributed by atoms with E-state index in [0.717, 1.165) is 37.2 Å². The van der Waals surface area contributed by atoms with Gasteiger partial charge in [0.25, 0.3) is 0 Å². The molecule has 1 fully saturated rings. The van der Waals surface area contributed by atoms with Crippen molar-refractivity contribution >= 4 is 29.9 Å². The zero-order valence-corrected chi connectivity index (χ0v) is 16.0. The van der Waals surface area contributed by atoms with Gasteiger partial charge in [0.05, 0.1) is 0 Å². The van der Waals surface area contributed by atoms with Gasteiger partial charge < -0.3 is 16.0 Å². The molecule has 0 spiro atoms. The van der Waals surface area contributed by atoms with Crippen LogP contribution < -0.4 is 16.0 Å². The SMILES string of the molecule is CCC(C)C(=O)Nc1cccc(CNC(=O)CCC2CCNC2)c1.Cl. The quantitative estimate of drug-likeness (QED) is 0.661. The van der Waals surface area contributed by atoms with E-state index in [0.29, 0.717) is 18.9 Å². The highest BCUT2D eigenvalue weighted by Crippen LogP contribution is 2.15. The van der Waals surface area contributed by atoms with Crippen LogP contribution in [0.25, 0.3) is 0 Å². The molecule has 2 atom stereocenters. The summed E-state index contributed by atoms with van der Waals surface area (Å²) in [5.41, 5.74) is 1.77. The van der Waals surface area contributed by atoms with Gasteiger partial charge in [-0.1, -0.05) is 26.0 Å². The molecule has 140 valence electrons. The lowest BCUT2D eigenvalue weighted by atomic mass is 10.0. The van der Waals surface area contributed by atoms with E-state index in [-0.39, 0.29) is 30.1 Å². The molecule has 0 bridgehead atoms. The maximum atomic E-state index is 12.0. The second-order valence-electron chi connectivity index (χ2n) is 6.67. The maximum absolute atomic E-state index is 12.0. The van der Waals surface area contributed by atoms with E-state index in [1.54, 1.807) is 0 Å².